The third-order valence-electron chi connectivity index (χ3n) is 2.91. The summed E-state index contributed by atoms with van der Waals surface area (Å²) >= 11 is 1.37. The summed E-state index contributed by atoms with van der Waals surface area (Å²) in [5, 5.41) is 8.54. The zero-order valence-corrected chi connectivity index (χ0v) is 10.8. The fraction of sp³-hybridized carbons (Fsp3) is 0.231. The molecule has 0 saturated carbocycles. The summed E-state index contributed by atoms with van der Waals surface area (Å²) in [6.07, 6.45) is 0. The number of fused-ring (bicyclic) bond motifs is 1. The quantitative estimate of drug-likeness (QED) is 0.870. The Morgan fingerprint density at radius 1 is 1.39 bits per heavy atom. The molecule has 2 heterocycles. The van der Waals surface area contributed by atoms with Gasteiger partial charge in [-0.2, -0.15) is 0 Å². The first-order valence-corrected chi connectivity index (χ1v) is 6.66. The van der Waals surface area contributed by atoms with Crippen LogP contribution < -0.4 is 10.6 Å². The van der Waals surface area contributed by atoms with Crippen molar-refractivity contribution < 1.29 is 4.79 Å². The second-order valence-electron chi connectivity index (χ2n) is 4.34. The van der Waals surface area contributed by atoms with Gasteiger partial charge >= 0.3 is 0 Å². The average Bonchev–Trinajstić information content (AvgIpc) is 2.96. The minimum absolute atomic E-state index is 0.140. The van der Waals surface area contributed by atoms with Crippen molar-refractivity contribution in [3.05, 3.63) is 45.4 Å². The number of nitrogens with one attached hydrogen (secondary N) is 2. The van der Waals surface area contributed by atoms with Gasteiger partial charge in [0.1, 0.15) is 0 Å². The number of rotatable bonds is 2. The van der Waals surface area contributed by atoms with Crippen LogP contribution in [-0.2, 0) is 13.1 Å². The van der Waals surface area contributed by atoms with E-state index >= 15 is 0 Å². The molecular formula is C13H13N3OS. The molecular weight excluding hydrogens is 246 g/mol. The summed E-state index contributed by atoms with van der Waals surface area (Å²) < 4.78 is 0. The molecule has 0 radical (unpaired) electrons. The smallest absolute Gasteiger partial charge is 0.284 e. The predicted octanol–water partition coefficient (Wildman–Crippen LogP) is 2.31. The molecule has 0 aliphatic carbocycles. The van der Waals surface area contributed by atoms with Gasteiger partial charge in [0.15, 0.2) is 5.01 Å². The molecule has 0 unspecified atom stereocenters. The maximum atomic E-state index is 11.9. The number of nitrogens with zero attached hydrogens (tertiary/aromatic N) is 1. The second-order valence-corrected chi connectivity index (χ2v) is 5.19. The van der Waals surface area contributed by atoms with Crippen molar-refractivity contribution in [1.82, 2.24) is 10.3 Å². The maximum absolute atomic E-state index is 11.9. The van der Waals surface area contributed by atoms with E-state index in [2.05, 4.69) is 21.7 Å². The van der Waals surface area contributed by atoms with Gasteiger partial charge in [-0.05, 0) is 30.2 Å². The van der Waals surface area contributed by atoms with Gasteiger partial charge < -0.3 is 10.6 Å². The van der Waals surface area contributed by atoms with Crippen molar-refractivity contribution in [3.8, 4) is 0 Å². The minimum atomic E-state index is -0.140. The molecule has 0 fully saturated rings. The van der Waals surface area contributed by atoms with Crippen molar-refractivity contribution in [2.75, 3.05) is 5.32 Å². The molecule has 18 heavy (non-hydrogen) atoms. The highest BCUT2D eigenvalue weighted by molar-refractivity contribution is 7.11. The first-order chi connectivity index (χ1) is 8.72. The highest BCUT2D eigenvalue weighted by atomic mass is 32.1. The first kappa shape index (κ1) is 11.4. The third-order valence-corrected chi connectivity index (χ3v) is 3.87. The lowest BCUT2D eigenvalue weighted by atomic mass is 10.1. The molecule has 3 rings (SSSR count). The Morgan fingerprint density at radius 3 is 3.00 bits per heavy atom. The van der Waals surface area contributed by atoms with Crippen molar-refractivity contribution in [2.24, 2.45) is 0 Å². The number of carbonyl (C=O) groups is 1. The fourth-order valence-corrected chi connectivity index (χ4v) is 2.71. The lowest BCUT2D eigenvalue weighted by molar-refractivity contribution is 0.102. The highest BCUT2D eigenvalue weighted by Gasteiger charge is 2.13. The molecule has 92 valence electrons. The van der Waals surface area contributed by atoms with E-state index in [9.17, 15) is 4.79 Å². The van der Waals surface area contributed by atoms with Gasteiger partial charge in [-0.25, -0.2) is 4.98 Å². The van der Waals surface area contributed by atoms with E-state index < -0.39 is 0 Å². The monoisotopic (exact) mass is 259 g/mol. The van der Waals surface area contributed by atoms with Gasteiger partial charge in [0, 0.05) is 29.9 Å². The largest absolute Gasteiger partial charge is 0.320 e. The number of thiazole rings is 1. The number of amides is 1. The molecule has 0 atom stereocenters. The number of aryl methyl sites for hydroxylation is 1. The summed E-state index contributed by atoms with van der Waals surface area (Å²) in [5.41, 5.74) is 4.26. The molecule has 1 aliphatic heterocycles. The van der Waals surface area contributed by atoms with Crippen molar-refractivity contribution in [1.29, 1.82) is 0 Å². The van der Waals surface area contributed by atoms with Crippen molar-refractivity contribution in [2.45, 2.75) is 20.0 Å². The summed E-state index contributed by atoms with van der Waals surface area (Å²) in [4.78, 5) is 16.1. The molecule has 2 N–H and O–H groups in total. The Bertz CT molecular complexity index is 606. The summed E-state index contributed by atoms with van der Waals surface area (Å²) in [6.45, 7) is 3.67. The number of aromatic nitrogens is 1. The number of carbonyl (C=O) groups excluding carboxylic acids is 1. The number of benzene rings is 1. The van der Waals surface area contributed by atoms with Crippen LogP contribution in [0.5, 0.6) is 0 Å². The van der Waals surface area contributed by atoms with Crippen molar-refractivity contribution in [3.63, 3.8) is 0 Å². The molecule has 1 aromatic heterocycles. The molecule has 0 bridgehead atoms. The zero-order chi connectivity index (χ0) is 12.5. The van der Waals surface area contributed by atoms with E-state index in [4.69, 9.17) is 0 Å². The van der Waals surface area contributed by atoms with Gasteiger partial charge in [-0.1, -0.05) is 6.07 Å². The van der Waals surface area contributed by atoms with E-state index in [-0.39, 0.29) is 5.91 Å². The Morgan fingerprint density at radius 2 is 2.22 bits per heavy atom. The van der Waals surface area contributed by atoms with Crippen LogP contribution in [0.25, 0.3) is 0 Å². The molecule has 1 aliphatic rings. The fourth-order valence-electron chi connectivity index (χ4n) is 2.02. The zero-order valence-electron chi connectivity index (χ0n) is 9.99. The van der Waals surface area contributed by atoms with Gasteiger partial charge in [0.25, 0.3) is 5.91 Å². The minimum Gasteiger partial charge on any atom is -0.320 e. The lowest BCUT2D eigenvalue weighted by Crippen LogP contribution is -2.11. The lowest BCUT2D eigenvalue weighted by Gasteiger charge is -2.05. The summed E-state index contributed by atoms with van der Waals surface area (Å²) in [7, 11) is 0. The summed E-state index contributed by atoms with van der Waals surface area (Å²) in [6, 6.07) is 6.01. The topological polar surface area (TPSA) is 54.0 Å². The molecule has 1 amide bonds. The van der Waals surface area contributed by atoms with Gasteiger partial charge in [-0.15, -0.1) is 11.3 Å². The highest BCUT2D eigenvalue weighted by Crippen LogP contribution is 2.20. The third kappa shape index (κ3) is 2.14. The first-order valence-electron chi connectivity index (χ1n) is 5.78. The molecule has 0 saturated heterocycles. The molecule has 5 heteroatoms. The van der Waals surface area contributed by atoms with Gasteiger partial charge in [0.05, 0.1) is 0 Å². The summed E-state index contributed by atoms with van der Waals surface area (Å²) in [5.74, 6) is -0.140. The van der Waals surface area contributed by atoms with Crippen LogP contribution >= 0.6 is 11.3 Å². The molecule has 2 aromatic rings. The predicted molar refractivity (Wildman–Crippen MR) is 71.8 cm³/mol. The maximum Gasteiger partial charge on any atom is 0.284 e. The second kappa shape index (κ2) is 4.51. The van der Waals surface area contributed by atoms with E-state index in [0.29, 0.717) is 5.01 Å². The Kier molecular flexibility index (Phi) is 2.85. The van der Waals surface area contributed by atoms with Crippen LogP contribution in [0.1, 0.15) is 26.6 Å². The molecule has 1 aromatic carbocycles. The van der Waals surface area contributed by atoms with Gasteiger partial charge in [0.2, 0.25) is 0 Å². The molecule has 4 nitrogen and oxygen atoms in total. The van der Waals surface area contributed by atoms with E-state index in [0.717, 1.165) is 24.5 Å². The van der Waals surface area contributed by atoms with Crippen LogP contribution in [-0.4, -0.2) is 10.9 Å². The molecule has 0 spiro atoms. The standard InChI is InChI=1S/C13H13N3OS/c1-8-7-18-13(15-8)12(17)16-11-3-2-9-5-14-6-10(9)4-11/h2-4,7,14H,5-6H2,1H3,(H,16,17). The Balaban J connectivity index is 1.78. The normalized spacial score (nSPS) is 13.4. The van der Waals surface area contributed by atoms with Crippen LogP contribution in [0, 0.1) is 6.92 Å². The SMILES string of the molecule is Cc1csc(C(=O)Nc2ccc3c(c2)CNC3)n1. The van der Waals surface area contributed by atoms with Gasteiger partial charge in [-0.3, -0.25) is 4.79 Å². The van der Waals surface area contributed by atoms with Crippen LogP contribution in [0.2, 0.25) is 0 Å². The number of hydrogen-bond acceptors (Lipinski definition) is 4. The van der Waals surface area contributed by atoms with Crippen LogP contribution in [0.4, 0.5) is 5.69 Å². The van der Waals surface area contributed by atoms with Crippen molar-refractivity contribution >= 4 is 22.9 Å². The van der Waals surface area contributed by atoms with E-state index in [1.807, 2.05) is 24.4 Å². The van der Waals surface area contributed by atoms with E-state index in [1.165, 1.54) is 22.5 Å². The van der Waals surface area contributed by atoms with Crippen LogP contribution in [0.15, 0.2) is 23.6 Å². The number of anilines is 1. The van der Waals surface area contributed by atoms with E-state index in [1.54, 1.807) is 0 Å². The Hall–Kier alpha value is -1.72. The Labute approximate surface area is 109 Å². The van der Waals surface area contributed by atoms with Crippen LogP contribution in [0.3, 0.4) is 0 Å². The number of hydrogen-bond donors (Lipinski definition) is 2. The average molecular weight is 259 g/mol.